The van der Waals surface area contributed by atoms with Gasteiger partial charge in [0.05, 0.1) is 30.9 Å². The van der Waals surface area contributed by atoms with E-state index in [1.54, 1.807) is 60.7 Å². The number of phosphoric acid groups is 1. The molecular formula is C36H31F8O9P. The Bertz CT molecular complexity index is 1890. The predicted molar refractivity (Wildman–Crippen MR) is 172 cm³/mol. The van der Waals surface area contributed by atoms with Crippen LogP contribution in [-0.2, 0) is 71.1 Å². The van der Waals surface area contributed by atoms with E-state index in [0.29, 0.717) is 23.3 Å². The van der Waals surface area contributed by atoms with Crippen LogP contribution in [0.15, 0.2) is 109 Å². The molecule has 0 fully saturated rings. The largest absolute Gasteiger partial charge is 0.487 e. The predicted octanol–water partition coefficient (Wildman–Crippen LogP) is 8.58. The summed E-state index contributed by atoms with van der Waals surface area (Å²) in [6.45, 7) is -3.98. The van der Waals surface area contributed by atoms with Crippen LogP contribution in [-0.4, -0.2) is 35.3 Å². The van der Waals surface area contributed by atoms with Crippen molar-refractivity contribution in [2.24, 2.45) is 0 Å². The molecule has 4 aromatic carbocycles. The summed E-state index contributed by atoms with van der Waals surface area (Å²) in [5.41, 5.74) is -3.88. The van der Waals surface area contributed by atoms with Crippen molar-refractivity contribution in [1.29, 1.82) is 0 Å². The average Bonchev–Trinajstić information content (AvgIpc) is 3.44. The zero-order valence-electron chi connectivity index (χ0n) is 27.7. The summed E-state index contributed by atoms with van der Waals surface area (Å²) in [7, 11) is -4.75. The molecule has 0 radical (unpaired) electrons. The summed E-state index contributed by atoms with van der Waals surface area (Å²) in [5.74, 6) is -4.87. The third kappa shape index (κ3) is 10.2. The van der Waals surface area contributed by atoms with E-state index in [4.69, 9.17) is 27.8 Å². The Morgan fingerprint density at radius 3 is 1.52 bits per heavy atom. The minimum atomic E-state index is -5.20. The highest BCUT2D eigenvalue weighted by Gasteiger charge is 2.46. The molecule has 1 unspecified atom stereocenters. The molecular weight excluding hydrogens is 759 g/mol. The summed E-state index contributed by atoms with van der Waals surface area (Å²) in [4.78, 5) is 0. The van der Waals surface area contributed by atoms with Gasteiger partial charge in [0.1, 0.15) is 31.0 Å². The monoisotopic (exact) mass is 790 g/mol. The molecule has 1 heterocycles. The summed E-state index contributed by atoms with van der Waals surface area (Å²) in [6, 6.07) is 21.4. The summed E-state index contributed by atoms with van der Waals surface area (Å²) < 4.78 is 159. The molecule has 5 rings (SSSR count). The van der Waals surface area contributed by atoms with Gasteiger partial charge in [-0.05, 0) is 23.3 Å². The van der Waals surface area contributed by atoms with Gasteiger partial charge in [-0.15, -0.1) is 0 Å². The van der Waals surface area contributed by atoms with Crippen molar-refractivity contribution in [2.45, 2.75) is 57.3 Å². The van der Waals surface area contributed by atoms with Crippen LogP contribution in [0.25, 0.3) is 0 Å². The van der Waals surface area contributed by atoms with Crippen LogP contribution in [0.3, 0.4) is 0 Å². The highest BCUT2D eigenvalue weighted by molar-refractivity contribution is 7.48. The second kappa shape index (κ2) is 17.4. The molecule has 2 N–H and O–H groups in total. The van der Waals surface area contributed by atoms with E-state index >= 15 is 0 Å². The van der Waals surface area contributed by atoms with Gasteiger partial charge >= 0.3 is 20.2 Å². The first-order valence-electron chi connectivity index (χ1n) is 15.9. The molecule has 1 aliphatic heterocycles. The Labute approximate surface area is 302 Å². The zero-order chi connectivity index (χ0) is 39.1. The SMILES string of the molecule is O=P(OCc1ccccc1)(OCc1ccccc1)O[C@@H](CO)[C@H]1OC(O)C(OCc2cccc(F)c2C(F)(F)F)=C1OCc1cccc(F)c1C(F)(F)F. The Morgan fingerprint density at radius 2 is 1.09 bits per heavy atom. The first-order chi connectivity index (χ1) is 25.6. The lowest BCUT2D eigenvalue weighted by Crippen LogP contribution is -2.35. The van der Waals surface area contributed by atoms with Gasteiger partial charge in [0, 0.05) is 11.1 Å². The molecule has 1 aliphatic rings. The number of hydrogen-bond donors (Lipinski definition) is 2. The lowest BCUT2D eigenvalue weighted by atomic mass is 10.1. The van der Waals surface area contributed by atoms with Crippen LogP contribution in [0.2, 0.25) is 0 Å². The van der Waals surface area contributed by atoms with E-state index in [0.717, 1.165) is 24.3 Å². The second-order valence-corrected chi connectivity index (χ2v) is 13.2. The number of aliphatic hydroxyl groups is 2. The first-order valence-corrected chi connectivity index (χ1v) is 17.3. The number of alkyl halides is 6. The van der Waals surface area contributed by atoms with Gasteiger partial charge < -0.3 is 24.4 Å². The van der Waals surface area contributed by atoms with Gasteiger partial charge in [0.15, 0.2) is 17.6 Å². The van der Waals surface area contributed by atoms with Crippen LogP contribution < -0.4 is 0 Å². The summed E-state index contributed by atoms with van der Waals surface area (Å²) >= 11 is 0. The lowest BCUT2D eigenvalue weighted by Gasteiger charge is -2.27. The molecule has 0 saturated heterocycles. The molecule has 0 aromatic heterocycles. The van der Waals surface area contributed by atoms with Crippen LogP contribution in [0.1, 0.15) is 33.4 Å². The van der Waals surface area contributed by atoms with Gasteiger partial charge in [-0.2, -0.15) is 26.3 Å². The van der Waals surface area contributed by atoms with Gasteiger partial charge in [0.25, 0.3) is 0 Å². The van der Waals surface area contributed by atoms with E-state index in [9.17, 15) is 49.9 Å². The normalized spacial score (nSPS) is 17.1. The molecule has 0 bridgehead atoms. The van der Waals surface area contributed by atoms with E-state index in [1.807, 2.05) is 0 Å². The molecule has 54 heavy (non-hydrogen) atoms. The molecule has 0 saturated carbocycles. The van der Waals surface area contributed by atoms with Crippen LogP contribution in [0, 0.1) is 11.6 Å². The smallest absolute Gasteiger partial charge is 0.475 e. The van der Waals surface area contributed by atoms with Crippen molar-refractivity contribution in [1.82, 2.24) is 0 Å². The summed E-state index contributed by atoms with van der Waals surface area (Å²) in [6.07, 6.45) is -16.4. The third-order valence-corrected chi connectivity index (χ3v) is 9.20. The van der Waals surface area contributed by atoms with E-state index in [-0.39, 0.29) is 13.2 Å². The highest BCUT2D eigenvalue weighted by atomic mass is 31.2. The van der Waals surface area contributed by atoms with Crippen molar-refractivity contribution in [2.75, 3.05) is 6.61 Å². The Morgan fingerprint density at radius 1 is 0.648 bits per heavy atom. The Kier molecular flexibility index (Phi) is 13.2. The molecule has 0 amide bonds. The maximum Gasteiger partial charge on any atom is 0.475 e. The fourth-order valence-electron chi connectivity index (χ4n) is 5.30. The molecule has 3 atom stereocenters. The fraction of sp³-hybridized carbons (Fsp3) is 0.278. The maximum absolute atomic E-state index is 14.4. The number of rotatable bonds is 16. The maximum atomic E-state index is 14.4. The lowest BCUT2D eigenvalue weighted by molar-refractivity contribution is -0.143. The van der Waals surface area contributed by atoms with Gasteiger partial charge in [-0.25, -0.2) is 13.3 Å². The van der Waals surface area contributed by atoms with Crippen molar-refractivity contribution in [3.05, 3.63) is 154 Å². The van der Waals surface area contributed by atoms with Crippen molar-refractivity contribution in [3.63, 3.8) is 0 Å². The van der Waals surface area contributed by atoms with E-state index < -0.39 is 104 Å². The van der Waals surface area contributed by atoms with Gasteiger partial charge in [0.2, 0.25) is 6.29 Å². The van der Waals surface area contributed by atoms with Crippen LogP contribution >= 0.6 is 7.82 Å². The molecule has 0 spiro atoms. The minimum absolute atomic E-state index is 0.346. The standard InChI is InChI=1S/C36H31F8O9P/c37-26-15-7-13-24(29(26)35(39,40)41)20-48-32-31(52-34(46)33(32)49-21-25-14-8-16-27(38)30(25)36(42,43)44)28(17-45)53-54(47,50-18-22-9-3-1-4-10-22)51-19-23-11-5-2-6-12-23/h1-16,28,31,34,45-46H,17-21H2/t28-,31+,34?/m0/s1. The van der Waals surface area contributed by atoms with Crippen LogP contribution in [0.5, 0.6) is 0 Å². The molecule has 0 aliphatic carbocycles. The number of phosphoric ester groups is 1. The van der Waals surface area contributed by atoms with Crippen molar-refractivity contribution >= 4 is 7.82 Å². The topological polar surface area (TPSA) is 113 Å². The van der Waals surface area contributed by atoms with Gasteiger partial charge in [-0.1, -0.05) is 84.9 Å². The Balaban J connectivity index is 1.50. The number of benzene rings is 4. The van der Waals surface area contributed by atoms with Crippen LogP contribution in [0.4, 0.5) is 35.1 Å². The fourth-order valence-corrected chi connectivity index (χ4v) is 6.62. The van der Waals surface area contributed by atoms with E-state index in [2.05, 4.69) is 0 Å². The molecule has 290 valence electrons. The second-order valence-electron chi connectivity index (χ2n) is 11.6. The zero-order valence-corrected chi connectivity index (χ0v) is 28.6. The van der Waals surface area contributed by atoms with Crippen molar-refractivity contribution < 1.29 is 77.7 Å². The third-order valence-electron chi connectivity index (χ3n) is 7.78. The van der Waals surface area contributed by atoms with Crippen molar-refractivity contribution in [3.8, 4) is 0 Å². The Hall–Kier alpha value is -4.35. The van der Waals surface area contributed by atoms with E-state index in [1.165, 1.54) is 0 Å². The molecule has 4 aromatic rings. The quantitative estimate of drug-likeness (QED) is 0.0852. The minimum Gasteiger partial charge on any atom is -0.487 e. The number of halogens is 8. The van der Waals surface area contributed by atoms with Gasteiger partial charge in [-0.3, -0.25) is 13.6 Å². The first kappa shape index (κ1) is 40.8. The summed E-state index contributed by atoms with van der Waals surface area (Å²) in [5, 5.41) is 21.3. The average molecular weight is 791 g/mol. The number of hydrogen-bond acceptors (Lipinski definition) is 9. The number of aliphatic hydroxyl groups excluding tert-OH is 2. The molecule has 18 heteroatoms. The number of ether oxygens (including phenoxy) is 3. The highest BCUT2D eigenvalue weighted by Crippen LogP contribution is 2.53. The molecule has 9 nitrogen and oxygen atoms in total.